The molecule has 0 radical (unpaired) electrons. The van der Waals surface area contributed by atoms with Gasteiger partial charge in [0.15, 0.2) is 0 Å². The van der Waals surface area contributed by atoms with Gasteiger partial charge in [-0.2, -0.15) is 0 Å². The van der Waals surface area contributed by atoms with Crippen LogP contribution in [0.5, 0.6) is 0 Å². The standard InChI is InChI=1S/C10H13NO2.C2H6/c1-11-7-10(12)13-8-9-5-3-2-4-6-9;1-2/h2-6,11H,7-8H2,1H3;1-2H3. The van der Waals surface area contributed by atoms with Crippen LogP contribution in [0.1, 0.15) is 19.4 Å². The van der Waals surface area contributed by atoms with Crippen LogP contribution < -0.4 is 5.32 Å². The van der Waals surface area contributed by atoms with Crippen LogP contribution in [0.2, 0.25) is 0 Å². The van der Waals surface area contributed by atoms with Crippen molar-refractivity contribution in [1.82, 2.24) is 5.32 Å². The summed E-state index contributed by atoms with van der Waals surface area (Å²) in [5.41, 5.74) is 1.01. The average Bonchev–Trinajstić information content (AvgIpc) is 2.31. The van der Waals surface area contributed by atoms with Gasteiger partial charge < -0.3 is 10.1 Å². The lowest BCUT2D eigenvalue weighted by atomic mass is 10.2. The van der Waals surface area contributed by atoms with Gasteiger partial charge >= 0.3 is 5.97 Å². The molecule has 0 bridgehead atoms. The van der Waals surface area contributed by atoms with Crippen LogP contribution in [0.3, 0.4) is 0 Å². The molecule has 84 valence electrons. The third kappa shape index (κ3) is 6.69. The van der Waals surface area contributed by atoms with Gasteiger partial charge in [-0.15, -0.1) is 0 Å². The van der Waals surface area contributed by atoms with E-state index in [-0.39, 0.29) is 12.5 Å². The predicted molar refractivity (Wildman–Crippen MR) is 61.5 cm³/mol. The molecule has 0 spiro atoms. The summed E-state index contributed by atoms with van der Waals surface area (Å²) in [5.74, 6) is -0.230. The van der Waals surface area contributed by atoms with Crippen molar-refractivity contribution < 1.29 is 9.53 Å². The minimum Gasteiger partial charge on any atom is -0.460 e. The number of hydrogen-bond donors (Lipinski definition) is 1. The molecule has 1 rings (SSSR count). The van der Waals surface area contributed by atoms with Crippen molar-refractivity contribution in [3.05, 3.63) is 35.9 Å². The molecule has 0 fully saturated rings. The fourth-order valence-corrected chi connectivity index (χ4v) is 0.933. The van der Waals surface area contributed by atoms with Crippen molar-refractivity contribution in [2.45, 2.75) is 20.5 Å². The van der Waals surface area contributed by atoms with Crippen LogP contribution in [-0.2, 0) is 16.1 Å². The number of ether oxygens (including phenoxy) is 1. The van der Waals surface area contributed by atoms with Gasteiger partial charge in [0.05, 0.1) is 6.54 Å². The molecule has 0 saturated carbocycles. The Labute approximate surface area is 91.5 Å². The highest BCUT2D eigenvalue weighted by molar-refractivity contribution is 5.71. The van der Waals surface area contributed by atoms with Gasteiger partial charge in [-0.05, 0) is 12.6 Å². The van der Waals surface area contributed by atoms with Crippen LogP contribution in [0.15, 0.2) is 30.3 Å². The summed E-state index contributed by atoms with van der Waals surface area (Å²) in [4.78, 5) is 10.9. The third-order valence-electron chi connectivity index (χ3n) is 1.56. The molecule has 3 nitrogen and oxygen atoms in total. The Morgan fingerprint density at radius 3 is 2.40 bits per heavy atom. The van der Waals surface area contributed by atoms with Crippen molar-refractivity contribution in [3.8, 4) is 0 Å². The topological polar surface area (TPSA) is 38.3 Å². The van der Waals surface area contributed by atoms with Crippen LogP contribution in [0.25, 0.3) is 0 Å². The predicted octanol–water partition coefficient (Wildman–Crippen LogP) is 1.98. The van der Waals surface area contributed by atoms with Crippen molar-refractivity contribution in [2.24, 2.45) is 0 Å². The highest BCUT2D eigenvalue weighted by atomic mass is 16.5. The van der Waals surface area contributed by atoms with Crippen LogP contribution >= 0.6 is 0 Å². The second-order valence-corrected chi connectivity index (χ2v) is 2.68. The van der Waals surface area contributed by atoms with E-state index in [0.29, 0.717) is 6.61 Å². The smallest absolute Gasteiger partial charge is 0.320 e. The molecule has 0 aliphatic heterocycles. The number of nitrogens with one attached hydrogen (secondary N) is 1. The van der Waals surface area contributed by atoms with E-state index in [0.717, 1.165) is 5.56 Å². The molecule has 0 unspecified atom stereocenters. The molecule has 0 amide bonds. The zero-order valence-corrected chi connectivity index (χ0v) is 9.62. The number of benzene rings is 1. The Kier molecular flexibility index (Phi) is 8.39. The molecule has 0 heterocycles. The lowest BCUT2D eigenvalue weighted by Gasteiger charge is -2.03. The molecule has 0 aliphatic rings. The van der Waals surface area contributed by atoms with Gasteiger partial charge in [0.25, 0.3) is 0 Å². The Hall–Kier alpha value is -1.35. The van der Waals surface area contributed by atoms with E-state index in [9.17, 15) is 4.79 Å². The Morgan fingerprint density at radius 2 is 1.87 bits per heavy atom. The van der Waals surface area contributed by atoms with E-state index in [4.69, 9.17) is 4.74 Å². The molecule has 0 aromatic heterocycles. The fraction of sp³-hybridized carbons (Fsp3) is 0.417. The summed E-state index contributed by atoms with van der Waals surface area (Å²) in [5, 5.41) is 2.73. The van der Waals surface area contributed by atoms with Crippen molar-refractivity contribution in [3.63, 3.8) is 0 Å². The number of likely N-dealkylation sites (N-methyl/N-ethyl adjacent to an activating group) is 1. The first-order valence-corrected chi connectivity index (χ1v) is 5.17. The quantitative estimate of drug-likeness (QED) is 0.770. The molecule has 1 N–H and O–H groups in total. The van der Waals surface area contributed by atoms with Crippen molar-refractivity contribution >= 4 is 5.97 Å². The van der Waals surface area contributed by atoms with Gasteiger partial charge in [-0.1, -0.05) is 44.2 Å². The molecular formula is C12H19NO2. The van der Waals surface area contributed by atoms with E-state index in [2.05, 4.69) is 5.32 Å². The van der Waals surface area contributed by atoms with E-state index in [1.807, 2.05) is 44.2 Å². The highest BCUT2D eigenvalue weighted by Crippen LogP contribution is 1.99. The van der Waals surface area contributed by atoms with E-state index >= 15 is 0 Å². The summed E-state index contributed by atoms with van der Waals surface area (Å²) in [6.45, 7) is 4.61. The maximum Gasteiger partial charge on any atom is 0.320 e. The summed E-state index contributed by atoms with van der Waals surface area (Å²) in [6, 6.07) is 9.61. The number of hydrogen-bond acceptors (Lipinski definition) is 3. The summed E-state index contributed by atoms with van der Waals surface area (Å²) >= 11 is 0. The summed E-state index contributed by atoms with van der Waals surface area (Å²) in [7, 11) is 1.71. The molecule has 0 atom stereocenters. The van der Waals surface area contributed by atoms with Crippen LogP contribution in [-0.4, -0.2) is 19.6 Å². The molecule has 3 heteroatoms. The number of carbonyl (C=O) groups excluding carboxylic acids is 1. The first kappa shape index (κ1) is 13.7. The maximum absolute atomic E-state index is 10.9. The maximum atomic E-state index is 10.9. The fourth-order valence-electron chi connectivity index (χ4n) is 0.933. The zero-order chi connectivity index (χ0) is 11.5. The first-order valence-electron chi connectivity index (χ1n) is 5.17. The second-order valence-electron chi connectivity index (χ2n) is 2.68. The van der Waals surface area contributed by atoms with Gasteiger partial charge in [0.2, 0.25) is 0 Å². The largest absolute Gasteiger partial charge is 0.460 e. The Morgan fingerprint density at radius 1 is 1.27 bits per heavy atom. The van der Waals surface area contributed by atoms with E-state index in [1.54, 1.807) is 7.05 Å². The number of carbonyl (C=O) groups is 1. The third-order valence-corrected chi connectivity index (χ3v) is 1.56. The summed E-state index contributed by atoms with van der Waals surface area (Å²) < 4.78 is 4.97. The molecule has 0 aliphatic carbocycles. The molecule has 15 heavy (non-hydrogen) atoms. The summed E-state index contributed by atoms with van der Waals surface area (Å²) in [6.07, 6.45) is 0. The van der Waals surface area contributed by atoms with Gasteiger partial charge in [-0.25, -0.2) is 0 Å². The van der Waals surface area contributed by atoms with E-state index < -0.39 is 0 Å². The van der Waals surface area contributed by atoms with Gasteiger partial charge in [0, 0.05) is 0 Å². The van der Waals surface area contributed by atoms with Crippen molar-refractivity contribution in [1.29, 1.82) is 0 Å². The Balaban J connectivity index is 0.000000921. The number of rotatable bonds is 4. The van der Waals surface area contributed by atoms with Crippen LogP contribution in [0.4, 0.5) is 0 Å². The van der Waals surface area contributed by atoms with E-state index in [1.165, 1.54) is 0 Å². The molecular weight excluding hydrogens is 190 g/mol. The highest BCUT2D eigenvalue weighted by Gasteiger charge is 1.99. The minimum absolute atomic E-state index is 0.230. The monoisotopic (exact) mass is 209 g/mol. The lowest BCUT2D eigenvalue weighted by Crippen LogP contribution is -2.20. The number of esters is 1. The molecule has 1 aromatic rings. The SMILES string of the molecule is CC.CNCC(=O)OCc1ccccc1. The zero-order valence-electron chi connectivity index (χ0n) is 9.62. The second kappa shape index (κ2) is 9.21. The van der Waals surface area contributed by atoms with Crippen LogP contribution in [0, 0.1) is 0 Å². The van der Waals surface area contributed by atoms with Crippen molar-refractivity contribution in [2.75, 3.05) is 13.6 Å². The normalized spacial score (nSPS) is 8.73. The Bertz CT molecular complexity index is 260. The van der Waals surface area contributed by atoms with Gasteiger partial charge in [0.1, 0.15) is 6.61 Å². The first-order chi connectivity index (χ1) is 7.33. The lowest BCUT2D eigenvalue weighted by molar-refractivity contribution is -0.143. The molecule has 1 aromatic carbocycles. The van der Waals surface area contributed by atoms with Gasteiger partial charge in [-0.3, -0.25) is 4.79 Å². The minimum atomic E-state index is -0.230. The average molecular weight is 209 g/mol. The molecule has 0 saturated heterocycles.